The average Bonchev–Trinajstić information content (AvgIpc) is 2.68. The zero-order valence-corrected chi connectivity index (χ0v) is 14.9. The highest BCUT2D eigenvalue weighted by molar-refractivity contribution is 6.08. The molecule has 5 rings (SSSR count). The standard InChI is InChI=1S/C19H18.C5H4O2/c1-13-6-7-15-9-10-17-16-5-3-2-4-14(16)8-11-18(17)19(15)12-13;6-5-3-1-2-4-7-5/h2-5,8-11,13H,6-7,12H2,1H3;1-4H. The van der Waals surface area contributed by atoms with Gasteiger partial charge in [-0.25, -0.2) is 4.79 Å². The van der Waals surface area contributed by atoms with Crippen LogP contribution in [0.4, 0.5) is 0 Å². The van der Waals surface area contributed by atoms with E-state index < -0.39 is 0 Å². The Morgan fingerprint density at radius 3 is 2.42 bits per heavy atom. The van der Waals surface area contributed by atoms with Crippen LogP contribution < -0.4 is 5.63 Å². The van der Waals surface area contributed by atoms with Crippen molar-refractivity contribution in [1.82, 2.24) is 0 Å². The van der Waals surface area contributed by atoms with Gasteiger partial charge in [0.1, 0.15) is 0 Å². The lowest BCUT2D eigenvalue weighted by molar-refractivity contribution is 0.504. The Morgan fingerprint density at radius 2 is 1.65 bits per heavy atom. The molecule has 3 aromatic carbocycles. The molecule has 1 unspecified atom stereocenters. The van der Waals surface area contributed by atoms with E-state index in [1.807, 2.05) is 0 Å². The van der Waals surface area contributed by atoms with E-state index >= 15 is 0 Å². The van der Waals surface area contributed by atoms with Gasteiger partial charge in [0, 0.05) is 6.07 Å². The topological polar surface area (TPSA) is 30.2 Å². The SMILES string of the molecule is CC1CCc2ccc3c(ccc4ccccc43)c2C1.O=c1cccco1. The fourth-order valence-corrected chi connectivity index (χ4v) is 3.85. The van der Waals surface area contributed by atoms with Crippen LogP contribution in [0.15, 0.2) is 82.2 Å². The average molecular weight is 342 g/mol. The maximum absolute atomic E-state index is 10.1. The second-order valence-electron chi connectivity index (χ2n) is 7.06. The van der Waals surface area contributed by atoms with Gasteiger partial charge in [-0.2, -0.15) is 0 Å². The lowest BCUT2D eigenvalue weighted by atomic mass is 9.82. The zero-order valence-electron chi connectivity index (χ0n) is 14.9. The van der Waals surface area contributed by atoms with Gasteiger partial charge < -0.3 is 4.42 Å². The van der Waals surface area contributed by atoms with E-state index in [0.29, 0.717) is 0 Å². The van der Waals surface area contributed by atoms with Gasteiger partial charge in [-0.15, -0.1) is 0 Å². The molecule has 2 heteroatoms. The van der Waals surface area contributed by atoms with E-state index in [4.69, 9.17) is 0 Å². The molecular formula is C24H22O2. The third-order valence-corrected chi connectivity index (χ3v) is 5.20. The van der Waals surface area contributed by atoms with Crippen LogP contribution in [0.1, 0.15) is 24.5 Å². The van der Waals surface area contributed by atoms with Gasteiger partial charge in [0.15, 0.2) is 0 Å². The minimum atomic E-state index is -0.303. The molecule has 1 aliphatic carbocycles. The van der Waals surface area contributed by atoms with Crippen LogP contribution >= 0.6 is 0 Å². The summed E-state index contributed by atoms with van der Waals surface area (Å²) in [6, 6.07) is 22.6. The molecule has 130 valence electrons. The first-order valence-corrected chi connectivity index (χ1v) is 9.18. The first-order chi connectivity index (χ1) is 12.7. The number of rotatable bonds is 0. The van der Waals surface area contributed by atoms with Crippen LogP contribution in [-0.4, -0.2) is 0 Å². The molecule has 0 saturated heterocycles. The smallest absolute Gasteiger partial charge is 0.335 e. The monoisotopic (exact) mass is 342 g/mol. The van der Waals surface area contributed by atoms with Crippen molar-refractivity contribution in [2.24, 2.45) is 5.92 Å². The molecule has 0 amide bonds. The highest BCUT2D eigenvalue weighted by Crippen LogP contribution is 2.34. The molecule has 26 heavy (non-hydrogen) atoms. The predicted molar refractivity (Wildman–Crippen MR) is 108 cm³/mol. The highest BCUT2D eigenvalue weighted by Gasteiger charge is 2.17. The molecule has 2 nitrogen and oxygen atoms in total. The zero-order chi connectivity index (χ0) is 17.9. The summed E-state index contributed by atoms with van der Waals surface area (Å²) in [4.78, 5) is 10.1. The molecule has 0 aliphatic heterocycles. The Hall–Kier alpha value is -2.87. The molecular weight excluding hydrogens is 320 g/mol. The first-order valence-electron chi connectivity index (χ1n) is 9.18. The summed E-state index contributed by atoms with van der Waals surface area (Å²) in [6.07, 6.45) is 5.18. The summed E-state index contributed by atoms with van der Waals surface area (Å²) >= 11 is 0. The predicted octanol–water partition coefficient (Wildman–Crippen LogP) is 5.76. The Balaban J connectivity index is 0.000000204. The summed E-state index contributed by atoms with van der Waals surface area (Å²) in [7, 11) is 0. The van der Waals surface area contributed by atoms with Gasteiger partial charge in [-0.1, -0.05) is 61.5 Å². The Kier molecular flexibility index (Phi) is 4.57. The number of fused-ring (bicyclic) bond motifs is 5. The van der Waals surface area contributed by atoms with E-state index in [0.717, 1.165) is 5.92 Å². The Bertz CT molecular complexity index is 1090. The third kappa shape index (κ3) is 3.28. The van der Waals surface area contributed by atoms with Gasteiger partial charge in [0.25, 0.3) is 0 Å². The van der Waals surface area contributed by atoms with Crippen molar-refractivity contribution in [2.75, 3.05) is 0 Å². The molecule has 0 N–H and O–H groups in total. The number of hydrogen-bond donors (Lipinski definition) is 0. The quantitative estimate of drug-likeness (QED) is 0.380. The summed E-state index contributed by atoms with van der Waals surface area (Å²) in [5.41, 5.74) is 2.87. The van der Waals surface area contributed by atoms with Crippen LogP contribution in [0.5, 0.6) is 0 Å². The van der Waals surface area contributed by atoms with Crippen molar-refractivity contribution in [3.8, 4) is 0 Å². The lowest BCUT2D eigenvalue weighted by Crippen LogP contribution is -2.11. The Labute approximate surface area is 153 Å². The van der Waals surface area contributed by atoms with Gasteiger partial charge in [0.2, 0.25) is 0 Å². The number of hydrogen-bond acceptors (Lipinski definition) is 2. The largest absolute Gasteiger partial charge is 0.431 e. The number of benzene rings is 3. The normalized spacial score (nSPS) is 16.0. The van der Waals surface area contributed by atoms with Crippen LogP contribution in [-0.2, 0) is 12.8 Å². The second kappa shape index (κ2) is 7.17. The van der Waals surface area contributed by atoms with E-state index in [-0.39, 0.29) is 5.63 Å². The third-order valence-electron chi connectivity index (χ3n) is 5.20. The van der Waals surface area contributed by atoms with Crippen molar-refractivity contribution < 1.29 is 4.42 Å². The molecule has 1 aliphatic rings. The fourth-order valence-electron chi connectivity index (χ4n) is 3.85. The maximum Gasteiger partial charge on any atom is 0.335 e. The second-order valence-corrected chi connectivity index (χ2v) is 7.06. The van der Waals surface area contributed by atoms with Crippen LogP contribution in [0.2, 0.25) is 0 Å². The molecule has 1 atom stereocenters. The summed E-state index contributed by atoms with van der Waals surface area (Å²) in [6.45, 7) is 2.38. The van der Waals surface area contributed by atoms with Gasteiger partial charge in [0.05, 0.1) is 6.26 Å². The molecule has 1 aromatic heterocycles. The van der Waals surface area contributed by atoms with Gasteiger partial charge in [-0.05, 0) is 63.9 Å². The van der Waals surface area contributed by atoms with Crippen molar-refractivity contribution in [3.63, 3.8) is 0 Å². The molecule has 4 aromatic rings. The van der Waals surface area contributed by atoms with Crippen molar-refractivity contribution in [1.29, 1.82) is 0 Å². The number of aryl methyl sites for hydroxylation is 1. The molecule has 0 saturated carbocycles. The van der Waals surface area contributed by atoms with Gasteiger partial charge >= 0.3 is 5.63 Å². The first kappa shape index (κ1) is 16.6. The molecule has 0 bridgehead atoms. The summed E-state index contributed by atoms with van der Waals surface area (Å²) in [5.74, 6) is 0.824. The van der Waals surface area contributed by atoms with E-state index in [2.05, 4.69) is 59.9 Å². The van der Waals surface area contributed by atoms with Crippen LogP contribution in [0.3, 0.4) is 0 Å². The molecule has 0 spiro atoms. The summed E-state index contributed by atoms with van der Waals surface area (Å²) < 4.78 is 4.37. The van der Waals surface area contributed by atoms with E-state index in [1.165, 1.54) is 53.1 Å². The fraction of sp³-hybridized carbons (Fsp3) is 0.208. The van der Waals surface area contributed by atoms with E-state index in [1.54, 1.807) is 23.3 Å². The van der Waals surface area contributed by atoms with Crippen molar-refractivity contribution in [2.45, 2.75) is 26.2 Å². The minimum Gasteiger partial charge on any atom is -0.431 e. The molecule has 1 heterocycles. The lowest BCUT2D eigenvalue weighted by Gasteiger charge is -2.23. The Morgan fingerprint density at radius 1 is 0.846 bits per heavy atom. The van der Waals surface area contributed by atoms with Crippen LogP contribution in [0.25, 0.3) is 21.5 Å². The van der Waals surface area contributed by atoms with Gasteiger partial charge in [-0.3, -0.25) is 0 Å². The van der Waals surface area contributed by atoms with Crippen molar-refractivity contribution >= 4 is 21.5 Å². The highest BCUT2D eigenvalue weighted by atomic mass is 16.4. The maximum atomic E-state index is 10.1. The molecule has 0 fully saturated rings. The minimum absolute atomic E-state index is 0.303. The van der Waals surface area contributed by atoms with Crippen molar-refractivity contribution in [3.05, 3.63) is 94.5 Å². The van der Waals surface area contributed by atoms with Crippen LogP contribution in [0, 0.1) is 5.92 Å². The van der Waals surface area contributed by atoms with E-state index in [9.17, 15) is 4.79 Å². The summed E-state index contributed by atoms with van der Waals surface area (Å²) in [5, 5.41) is 5.63. The molecule has 0 radical (unpaired) electrons.